The van der Waals surface area contributed by atoms with Gasteiger partial charge in [0, 0.05) is 5.75 Å². The van der Waals surface area contributed by atoms with Gasteiger partial charge in [0.15, 0.2) is 0 Å². The molecule has 0 bridgehead atoms. The SMILES string of the molecule is FC(F)(F)c1cccc(CSc2nnc([S-])s2)c1. The predicted octanol–water partition coefficient (Wildman–Crippen LogP) is 3.75. The Morgan fingerprint density at radius 2 is 2.06 bits per heavy atom. The molecule has 0 aliphatic heterocycles. The highest BCUT2D eigenvalue weighted by Crippen LogP contribution is 2.31. The van der Waals surface area contributed by atoms with Crippen molar-refractivity contribution < 1.29 is 13.2 Å². The van der Waals surface area contributed by atoms with Crippen molar-refractivity contribution in [2.24, 2.45) is 0 Å². The molecule has 8 heteroatoms. The summed E-state index contributed by atoms with van der Waals surface area (Å²) in [6.07, 6.45) is -4.31. The van der Waals surface area contributed by atoms with E-state index in [1.165, 1.54) is 29.2 Å². The number of benzene rings is 1. The number of hydrogen-bond donors (Lipinski definition) is 0. The fourth-order valence-corrected chi connectivity index (χ4v) is 3.20. The fourth-order valence-electron chi connectivity index (χ4n) is 1.24. The van der Waals surface area contributed by atoms with Crippen LogP contribution in [0.5, 0.6) is 0 Å². The summed E-state index contributed by atoms with van der Waals surface area (Å²) in [5, 5.41) is 7.48. The number of thioether (sulfide) groups is 1. The first-order chi connectivity index (χ1) is 8.45. The van der Waals surface area contributed by atoms with Gasteiger partial charge in [-0.25, -0.2) is 0 Å². The molecule has 96 valence electrons. The summed E-state index contributed by atoms with van der Waals surface area (Å²) in [5.74, 6) is 0.411. The zero-order chi connectivity index (χ0) is 13.2. The second-order valence-electron chi connectivity index (χ2n) is 3.32. The van der Waals surface area contributed by atoms with Gasteiger partial charge in [-0.05, 0) is 16.0 Å². The second-order valence-corrected chi connectivity index (χ2v) is 6.17. The number of hydrogen-bond acceptors (Lipinski definition) is 5. The molecule has 2 aromatic rings. The van der Waals surface area contributed by atoms with Crippen LogP contribution in [0.15, 0.2) is 32.9 Å². The molecule has 0 radical (unpaired) electrons. The van der Waals surface area contributed by atoms with Gasteiger partial charge < -0.3 is 24.0 Å². The average molecular weight is 307 g/mol. The molecule has 0 spiro atoms. The fraction of sp³-hybridized carbons (Fsp3) is 0.200. The molecule has 1 heterocycles. The van der Waals surface area contributed by atoms with Gasteiger partial charge in [-0.1, -0.05) is 18.2 Å². The topological polar surface area (TPSA) is 25.8 Å². The maximum Gasteiger partial charge on any atom is 0.416 e. The van der Waals surface area contributed by atoms with Crippen LogP contribution >= 0.6 is 23.1 Å². The molecule has 0 atom stereocenters. The molecular weight excluding hydrogens is 301 g/mol. The Hall–Kier alpha value is -0.860. The molecule has 2 rings (SSSR count). The smallest absolute Gasteiger partial charge is 0.406 e. The van der Waals surface area contributed by atoms with E-state index in [1.807, 2.05) is 0 Å². The van der Waals surface area contributed by atoms with Crippen molar-refractivity contribution in [1.29, 1.82) is 0 Å². The summed E-state index contributed by atoms with van der Waals surface area (Å²) >= 11 is 7.39. The van der Waals surface area contributed by atoms with Crippen molar-refractivity contribution in [2.75, 3.05) is 0 Å². The zero-order valence-corrected chi connectivity index (χ0v) is 11.2. The van der Waals surface area contributed by atoms with Crippen LogP contribution < -0.4 is 0 Å². The lowest BCUT2D eigenvalue weighted by molar-refractivity contribution is -0.137. The highest BCUT2D eigenvalue weighted by Gasteiger charge is 2.30. The van der Waals surface area contributed by atoms with Crippen LogP contribution in [0.3, 0.4) is 0 Å². The Morgan fingerprint density at radius 1 is 1.28 bits per heavy atom. The standard InChI is InChI=1S/C10H7F3N2S3/c11-10(12,13)7-3-1-2-6(4-7)5-17-9-15-14-8(16)18-9/h1-4H,5H2,(H,14,16)/p-1. The van der Waals surface area contributed by atoms with Crippen molar-refractivity contribution in [3.8, 4) is 0 Å². The number of alkyl halides is 3. The van der Waals surface area contributed by atoms with Crippen molar-refractivity contribution in [1.82, 2.24) is 10.2 Å². The molecular formula is C10H6F3N2S3-. The molecule has 0 N–H and O–H groups in total. The Morgan fingerprint density at radius 3 is 2.67 bits per heavy atom. The maximum atomic E-state index is 12.5. The number of halogens is 3. The first kappa shape index (κ1) is 13.6. The third-order valence-corrected chi connectivity index (χ3v) is 4.26. The molecule has 1 aromatic heterocycles. The van der Waals surface area contributed by atoms with E-state index < -0.39 is 11.7 Å². The van der Waals surface area contributed by atoms with Gasteiger partial charge in [0.1, 0.15) is 0 Å². The van der Waals surface area contributed by atoms with E-state index in [2.05, 4.69) is 10.2 Å². The average Bonchev–Trinajstić information content (AvgIpc) is 2.72. The van der Waals surface area contributed by atoms with E-state index in [0.29, 0.717) is 20.0 Å². The number of rotatable bonds is 3. The van der Waals surface area contributed by atoms with E-state index in [1.54, 1.807) is 6.07 Å². The van der Waals surface area contributed by atoms with Gasteiger partial charge in [-0.2, -0.15) is 23.4 Å². The first-order valence-electron chi connectivity index (χ1n) is 4.74. The van der Waals surface area contributed by atoms with Gasteiger partial charge in [-0.3, -0.25) is 0 Å². The van der Waals surface area contributed by atoms with Crippen molar-refractivity contribution in [3.05, 3.63) is 35.4 Å². The van der Waals surface area contributed by atoms with Crippen LogP contribution in [-0.4, -0.2) is 10.2 Å². The van der Waals surface area contributed by atoms with E-state index in [0.717, 1.165) is 12.1 Å². The van der Waals surface area contributed by atoms with Crippen LogP contribution in [-0.2, 0) is 24.6 Å². The van der Waals surface area contributed by atoms with Crippen LogP contribution in [0.4, 0.5) is 13.2 Å². The Labute approximate surface area is 115 Å². The summed E-state index contributed by atoms with van der Waals surface area (Å²) in [4.78, 5) is 0. The van der Waals surface area contributed by atoms with E-state index in [9.17, 15) is 13.2 Å². The summed E-state index contributed by atoms with van der Waals surface area (Å²) in [6.45, 7) is 0. The lowest BCUT2D eigenvalue weighted by atomic mass is 10.1. The first-order valence-corrected chi connectivity index (χ1v) is 6.95. The molecule has 0 aliphatic carbocycles. The van der Waals surface area contributed by atoms with Crippen LogP contribution in [0.2, 0.25) is 0 Å². The van der Waals surface area contributed by atoms with Crippen LogP contribution in [0.25, 0.3) is 0 Å². The van der Waals surface area contributed by atoms with E-state index >= 15 is 0 Å². The predicted molar refractivity (Wildman–Crippen MR) is 66.5 cm³/mol. The largest absolute Gasteiger partial charge is 0.416 e. The monoisotopic (exact) mass is 307 g/mol. The minimum Gasteiger partial charge on any atom is -0.406 e. The van der Waals surface area contributed by atoms with Crippen molar-refractivity contribution in [2.45, 2.75) is 20.6 Å². The van der Waals surface area contributed by atoms with Crippen molar-refractivity contribution in [3.63, 3.8) is 0 Å². The summed E-state index contributed by atoms with van der Waals surface area (Å²) < 4.78 is 38.6. The van der Waals surface area contributed by atoms with Gasteiger partial charge in [-0.15, -0.1) is 11.8 Å². The Bertz CT molecular complexity index is 539. The Kier molecular flexibility index (Phi) is 4.08. The molecule has 0 aliphatic rings. The van der Waals surface area contributed by atoms with Crippen LogP contribution in [0, 0.1) is 0 Å². The summed E-state index contributed by atoms with van der Waals surface area (Å²) in [5.41, 5.74) is -0.0437. The summed E-state index contributed by atoms with van der Waals surface area (Å²) in [6, 6.07) is 5.25. The van der Waals surface area contributed by atoms with Gasteiger partial charge in [0.05, 0.1) is 9.90 Å². The molecule has 0 saturated heterocycles. The quantitative estimate of drug-likeness (QED) is 0.637. The van der Waals surface area contributed by atoms with Gasteiger partial charge >= 0.3 is 6.18 Å². The zero-order valence-electron chi connectivity index (χ0n) is 8.77. The van der Waals surface area contributed by atoms with Gasteiger partial charge in [0.2, 0.25) is 0 Å². The van der Waals surface area contributed by atoms with E-state index in [-0.39, 0.29) is 0 Å². The number of aromatic nitrogens is 2. The van der Waals surface area contributed by atoms with Gasteiger partial charge in [0.25, 0.3) is 0 Å². The maximum absolute atomic E-state index is 12.5. The lowest BCUT2D eigenvalue weighted by Gasteiger charge is -2.08. The lowest BCUT2D eigenvalue weighted by Crippen LogP contribution is -2.04. The molecule has 1 aromatic carbocycles. The second kappa shape index (κ2) is 5.41. The number of nitrogens with zero attached hydrogens (tertiary/aromatic N) is 2. The highest BCUT2D eigenvalue weighted by molar-refractivity contribution is 8.00. The molecule has 0 amide bonds. The molecule has 2 nitrogen and oxygen atoms in total. The molecule has 0 unspecified atom stereocenters. The highest BCUT2D eigenvalue weighted by atomic mass is 32.2. The van der Waals surface area contributed by atoms with Crippen molar-refractivity contribution >= 4 is 35.7 Å². The Balaban J connectivity index is 2.06. The normalized spacial score (nSPS) is 11.7. The molecule has 18 heavy (non-hydrogen) atoms. The minimum absolute atomic E-state index is 0.411. The molecule has 0 fully saturated rings. The van der Waals surface area contributed by atoms with E-state index in [4.69, 9.17) is 12.6 Å². The van der Waals surface area contributed by atoms with Crippen LogP contribution in [0.1, 0.15) is 11.1 Å². The molecule has 0 saturated carbocycles. The third kappa shape index (κ3) is 3.56. The third-order valence-electron chi connectivity index (χ3n) is 2.00. The minimum atomic E-state index is -4.31. The summed E-state index contributed by atoms with van der Waals surface area (Å²) in [7, 11) is 0.